The van der Waals surface area contributed by atoms with Crippen LogP contribution in [0.25, 0.3) is 39.1 Å². The molecule has 32 heavy (non-hydrogen) atoms. The zero-order valence-corrected chi connectivity index (χ0v) is 17.8. The SMILES string of the molecule is Cn1c(C=C2C(=O)c3cc4ccccc4cc3C2=O)cc2c1cc(-c1ccccc1)n2C. The molecule has 1 aliphatic rings. The molecule has 0 unspecified atom stereocenters. The zero-order chi connectivity index (χ0) is 22.0. The molecular formula is C28H20N2O2. The molecule has 0 N–H and O–H groups in total. The first kappa shape index (κ1) is 18.6. The molecule has 1 aliphatic carbocycles. The third-order valence-corrected chi connectivity index (χ3v) is 6.52. The number of hydrogen-bond donors (Lipinski definition) is 0. The second-order valence-electron chi connectivity index (χ2n) is 8.31. The van der Waals surface area contributed by atoms with Gasteiger partial charge in [0, 0.05) is 30.9 Å². The van der Waals surface area contributed by atoms with E-state index in [0.29, 0.717) is 11.1 Å². The van der Waals surface area contributed by atoms with Gasteiger partial charge in [0.15, 0.2) is 11.6 Å². The van der Waals surface area contributed by atoms with Crippen LogP contribution in [0.5, 0.6) is 0 Å². The summed E-state index contributed by atoms with van der Waals surface area (Å²) in [6.07, 6.45) is 1.73. The highest BCUT2D eigenvalue weighted by atomic mass is 16.2. The molecule has 6 rings (SSSR count). The third kappa shape index (κ3) is 2.56. The molecule has 4 nitrogen and oxygen atoms in total. The summed E-state index contributed by atoms with van der Waals surface area (Å²) in [5, 5.41) is 1.93. The summed E-state index contributed by atoms with van der Waals surface area (Å²) in [5.41, 5.74) is 6.42. The van der Waals surface area contributed by atoms with Crippen molar-refractivity contribution in [3.05, 3.63) is 101 Å². The fourth-order valence-corrected chi connectivity index (χ4v) is 4.73. The van der Waals surface area contributed by atoms with E-state index < -0.39 is 0 Å². The van der Waals surface area contributed by atoms with E-state index in [2.05, 4.69) is 22.8 Å². The minimum Gasteiger partial charge on any atom is -0.343 e. The number of carbonyl (C=O) groups is 2. The van der Waals surface area contributed by atoms with Crippen LogP contribution in [-0.2, 0) is 14.1 Å². The van der Waals surface area contributed by atoms with E-state index in [1.807, 2.05) is 79.3 Å². The van der Waals surface area contributed by atoms with E-state index in [9.17, 15) is 9.59 Å². The van der Waals surface area contributed by atoms with Gasteiger partial charge in [-0.2, -0.15) is 0 Å². The number of ketones is 2. The van der Waals surface area contributed by atoms with E-state index in [-0.39, 0.29) is 17.1 Å². The van der Waals surface area contributed by atoms with Crippen LogP contribution < -0.4 is 0 Å². The number of carbonyl (C=O) groups excluding carboxylic acids is 2. The number of Topliss-reactive ketones (excluding diaryl/α,β-unsaturated/α-hetero) is 2. The topological polar surface area (TPSA) is 44.0 Å². The molecule has 0 fully saturated rings. The lowest BCUT2D eigenvalue weighted by Crippen LogP contribution is -2.01. The van der Waals surface area contributed by atoms with E-state index in [4.69, 9.17) is 0 Å². The first-order valence-electron chi connectivity index (χ1n) is 10.6. The van der Waals surface area contributed by atoms with Gasteiger partial charge in [-0.25, -0.2) is 0 Å². The zero-order valence-electron chi connectivity index (χ0n) is 17.8. The van der Waals surface area contributed by atoms with Crippen LogP contribution in [0.2, 0.25) is 0 Å². The largest absolute Gasteiger partial charge is 0.343 e. The maximum Gasteiger partial charge on any atom is 0.197 e. The molecule has 0 radical (unpaired) electrons. The molecule has 0 bridgehead atoms. The lowest BCUT2D eigenvalue weighted by molar-refractivity contribution is 0.0990. The number of allylic oxidation sites excluding steroid dienone is 1. The molecule has 0 spiro atoms. The van der Waals surface area contributed by atoms with E-state index in [1.165, 1.54) is 0 Å². The second kappa shape index (κ2) is 6.66. The number of aromatic nitrogens is 2. The molecule has 2 aromatic heterocycles. The van der Waals surface area contributed by atoms with Crippen LogP contribution in [-0.4, -0.2) is 20.7 Å². The Morgan fingerprint density at radius 1 is 0.656 bits per heavy atom. The lowest BCUT2D eigenvalue weighted by Gasteiger charge is -2.04. The molecule has 154 valence electrons. The average Bonchev–Trinajstić information content (AvgIpc) is 3.39. The van der Waals surface area contributed by atoms with E-state index in [0.717, 1.165) is 38.8 Å². The number of rotatable bonds is 2. The van der Waals surface area contributed by atoms with Gasteiger partial charge in [-0.3, -0.25) is 9.59 Å². The summed E-state index contributed by atoms with van der Waals surface area (Å²) in [6.45, 7) is 0. The quantitative estimate of drug-likeness (QED) is 0.270. The Morgan fingerprint density at radius 2 is 1.22 bits per heavy atom. The molecule has 0 amide bonds. The van der Waals surface area contributed by atoms with Gasteiger partial charge in [0.25, 0.3) is 0 Å². The first-order chi connectivity index (χ1) is 15.5. The number of hydrogen-bond acceptors (Lipinski definition) is 2. The summed E-state index contributed by atoms with van der Waals surface area (Å²) in [4.78, 5) is 26.2. The molecule has 0 saturated carbocycles. The minimum absolute atomic E-state index is 0.203. The van der Waals surface area contributed by atoms with Gasteiger partial charge in [-0.15, -0.1) is 0 Å². The molecule has 5 aromatic rings. The molecule has 3 aromatic carbocycles. The Balaban J connectivity index is 1.46. The highest BCUT2D eigenvalue weighted by Gasteiger charge is 2.33. The van der Waals surface area contributed by atoms with Crippen molar-refractivity contribution in [3.63, 3.8) is 0 Å². The van der Waals surface area contributed by atoms with Crippen LogP contribution in [0.4, 0.5) is 0 Å². The van der Waals surface area contributed by atoms with Gasteiger partial charge < -0.3 is 9.13 Å². The molecule has 4 heteroatoms. The predicted octanol–water partition coefficient (Wildman–Crippen LogP) is 5.80. The maximum atomic E-state index is 13.1. The van der Waals surface area contributed by atoms with E-state index in [1.54, 1.807) is 6.08 Å². The predicted molar refractivity (Wildman–Crippen MR) is 128 cm³/mol. The average molecular weight is 416 g/mol. The van der Waals surface area contributed by atoms with Crippen molar-refractivity contribution in [2.24, 2.45) is 14.1 Å². The monoisotopic (exact) mass is 416 g/mol. The summed E-state index contributed by atoms with van der Waals surface area (Å²) in [5.74, 6) is -0.406. The van der Waals surface area contributed by atoms with Gasteiger partial charge in [-0.1, -0.05) is 54.6 Å². The van der Waals surface area contributed by atoms with Gasteiger partial charge in [0.05, 0.1) is 22.3 Å². The third-order valence-electron chi connectivity index (χ3n) is 6.52. The normalized spacial score (nSPS) is 13.4. The fraction of sp³-hybridized carbons (Fsp3) is 0.0714. The molecule has 0 saturated heterocycles. The Labute approximate surface area is 185 Å². The van der Waals surface area contributed by atoms with Crippen molar-refractivity contribution in [1.29, 1.82) is 0 Å². The number of nitrogens with zero attached hydrogens (tertiary/aromatic N) is 2. The summed E-state index contributed by atoms with van der Waals surface area (Å²) >= 11 is 0. The van der Waals surface area contributed by atoms with Crippen molar-refractivity contribution in [1.82, 2.24) is 9.13 Å². The minimum atomic E-state index is -0.203. The number of fused-ring (bicyclic) bond motifs is 3. The molecule has 0 aliphatic heterocycles. The maximum absolute atomic E-state index is 13.1. The molecular weight excluding hydrogens is 396 g/mol. The van der Waals surface area contributed by atoms with Crippen LogP contribution in [0.3, 0.4) is 0 Å². The Kier molecular flexibility index (Phi) is 3.87. The number of aryl methyl sites for hydroxylation is 2. The van der Waals surface area contributed by atoms with Crippen molar-refractivity contribution < 1.29 is 9.59 Å². The Morgan fingerprint density at radius 3 is 1.81 bits per heavy atom. The smallest absolute Gasteiger partial charge is 0.197 e. The highest BCUT2D eigenvalue weighted by Crippen LogP contribution is 2.34. The fourth-order valence-electron chi connectivity index (χ4n) is 4.73. The summed E-state index contributed by atoms with van der Waals surface area (Å²) < 4.78 is 4.18. The highest BCUT2D eigenvalue weighted by molar-refractivity contribution is 6.42. The second-order valence-corrected chi connectivity index (χ2v) is 8.31. The lowest BCUT2D eigenvalue weighted by atomic mass is 10.0. The van der Waals surface area contributed by atoms with E-state index >= 15 is 0 Å². The summed E-state index contributed by atoms with van der Waals surface area (Å²) in [7, 11) is 4.00. The summed E-state index contributed by atoms with van der Waals surface area (Å²) in [6, 6.07) is 25.9. The van der Waals surface area contributed by atoms with Gasteiger partial charge in [0.2, 0.25) is 0 Å². The first-order valence-corrected chi connectivity index (χ1v) is 10.6. The van der Waals surface area contributed by atoms with Crippen molar-refractivity contribution in [2.75, 3.05) is 0 Å². The van der Waals surface area contributed by atoms with Crippen molar-refractivity contribution in [3.8, 4) is 11.3 Å². The van der Waals surface area contributed by atoms with Crippen LogP contribution in [0.1, 0.15) is 26.4 Å². The van der Waals surface area contributed by atoms with Crippen LogP contribution in [0, 0.1) is 0 Å². The molecule has 0 atom stereocenters. The Bertz CT molecular complexity index is 1560. The van der Waals surface area contributed by atoms with Gasteiger partial charge in [-0.05, 0) is 46.7 Å². The van der Waals surface area contributed by atoms with Crippen molar-refractivity contribution >= 4 is 39.4 Å². The van der Waals surface area contributed by atoms with Crippen molar-refractivity contribution in [2.45, 2.75) is 0 Å². The number of benzene rings is 3. The van der Waals surface area contributed by atoms with Gasteiger partial charge >= 0.3 is 0 Å². The van der Waals surface area contributed by atoms with Crippen LogP contribution in [0.15, 0.2) is 84.4 Å². The van der Waals surface area contributed by atoms with Gasteiger partial charge in [0.1, 0.15) is 0 Å². The Hall–Kier alpha value is -4.18. The van der Waals surface area contributed by atoms with Crippen LogP contribution >= 0.6 is 0 Å². The molecule has 2 heterocycles. The standard InChI is InChI=1S/C28H20N2O2/c1-29-20(15-25-26(29)16-24(30(25)2)17-8-4-3-5-9-17)14-23-27(31)21-12-18-10-6-7-11-19(18)13-22(21)28(23)32/h3-16H,1-2H3.